The van der Waals surface area contributed by atoms with E-state index in [0.717, 1.165) is 6.54 Å². The van der Waals surface area contributed by atoms with Gasteiger partial charge in [-0.2, -0.15) is 0 Å². The zero-order chi connectivity index (χ0) is 14.5. The molecule has 0 aromatic rings. The first-order valence-corrected chi connectivity index (χ1v) is 7.65. The summed E-state index contributed by atoms with van der Waals surface area (Å²) in [6.07, 6.45) is 5.72. The summed E-state index contributed by atoms with van der Waals surface area (Å²) in [5.41, 5.74) is -0.819. The Hall–Kier alpha value is -0.610. The molecule has 1 fully saturated rings. The molecule has 1 aliphatic rings. The molecule has 2 N–H and O–H groups in total. The van der Waals surface area contributed by atoms with Crippen LogP contribution in [0.4, 0.5) is 0 Å². The number of likely N-dealkylation sites (N-methyl/N-ethyl adjacent to an activating group) is 1. The first-order valence-electron chi connectivity index (χ1n) is 7.65. The highest BCUT2D eigenvalue weighted by Gasteiger charge is 2.36. The zero-order valence-electron chi connectivity index (χ0n) is 12.9. The van der Waals surface area contributed by atoms with Gasteiger partial charge in [0.25, 0.3) is 0 Å². The number of nitrogens with zero attached hydrogens (tertiary/aromatic N) is 1. The third-order valence-electron chi connectivity index (χ3n) is 4.41. The summed E-state index contributed by atoms with van der Waals surface area (Å²) in [4.78, 5) is 14.0. The lowest BCUT2D eigenvalue weighted by atomic mass is 9.92. The molecule has 0 bridgehead atoms. The van der Waals surface area contributed by atoms with Crippen LogP contribution in [-0.2, 0) is 4.79 Å². The third kappa shape index (κ3) is 4.46. The van der Waals surface area contributed by atoms with E-state index in [1.54, 1.807) is 6.92 Å². The van der Waals surface area contributed by atoms with Crippen molar-refractivity contribution in [2.24, 2.45) is 0 Å². The van der Waals surface area contributed by atoms with Gasteiger partial charge in [0, 0.05) is 12.1 Å². The number of likely N-dealkylation sites (tertiary alicyclic amines) is 1. The first-order chi connectivity index (χ1) is 8.90. The minimum atomic E-state index is -0.819. The molecular weight excluding hydrogens is 240 g/mol. The van der Waals surface area contributed by atoms with E-state index < -0.39 is 11.5 Å². The monoisotopic (exact) mass is 270 g/mol. The first kappa shape index (κ1) is 16.4. The maximum absolute atomic E-state index is 11.5. The highest BCUT2D eigenvalue weighted by molar-refractivity contribution is 5.78. The van der Waals surface area contributed by atoms with Crippen molar-refractivity contribution < 1.29 is 9.90 Å². The van der Waals surface area contributed by atoms with E-state index in [1.165, 1.54) is 25.7 Å². The summed E-state index contributed by atoms with van der Waals surface area (Å²) in [6.45, 7) is 9.99. The molecule has 1 rings (SSSR count). The number of aliphatic carboxylic acids is 1. The number of carbonyl (C=O) groups is 1. The molecule has 19 heavy (non-hydrogen) atoms. The van der Waals surface area contributed by atoms with Crippen molar-refractivity contribution >= 4 is 5.97 Å². The second-order valence-corrected chi connectivity index (χ2v) is 6.16. The summed E-state index contributed by atoms with van der Waals surface area (Å²) >= 11 is 0. The van der Waals surface area contributed by atoms with E-state index in [0.29, 0.717) is 25.0 Å². The van der Waals surface area contributed by atoms with Crippen LogP contribution in [0.5, 0.6) is 0 Å². The lowest BCUT2D eigenvalue weighted by molar-refractivity contribution is -0.145. The molecule has 3 atom stereocenters. The van der Waals surface area contributed by atoms with Crippen LogP contribution in [0.25, 0.3) is 0 Å². The van der Waals surface area contributed by atoms with Gasteiger partial charge in [-0.3, -0.25) is 9.69 Å². The van der Waals surface area contributed by atoms with E-state index >= 15 is 0 Å². The van der Waals surface area contributed by atoms with Crippen LogP contribution in [0, 0.1) is 0 Å². The highest BCUT2D eigenvalue weighted by atomic mass is 16.4. The Kier molecular flexibility index (Phi) is 6.27. The van der Waals surface area contributed by atoms with Crippen LogP contribution in [0.15, 0.2) is 0 Å². The standard InChI is InChI=1S/C15H30N2O2/c1-5-16-15(4,14(18)19)11-13(3)17-10-8-6-7-9-12(17)2/h12-13,16H,5-11H2,1-4H3,(H,18,19). The molecule has 0 saturated carbocycles. The maximum Gasteiger partial charge on any atom is 0.323 e. The minimum Gasteiger partial charge on any atom is -0.480 e. The molecule has 0 amide bonds. The molecule has 0 radical (unpaired) electrons. The van der Waals surface area contributed by atoms with Crippen molar-refractivity contribution in [2.45, 2.75) is 77.4 Å². The Balaban J connectivity index is 2.69. The van der Waals surface area contributed by atoms with E-state index in [4.69, 9.17) is 0 Å². The van der Waals surface area contributed by atoms with Gasteiger partial charge in [-0.1, -0.05) is 19.8 Å². The molecule has 3 unspecified atom stereocenters. The predicted molar refractivity (Wildman–Crippen MR) is 78.4 cm³/mol. The van der Waals surface area contributed by atoms with Crippen LogP contribution >= 0.6 is 0 Å². The van der Waals surface area contributed by atoms with E-state index in [2.05, 4.69) is 24.1 Å². The quantitative estimate of drug-likeness (QED) is 0.778. The molecule has 0 spiro atoms. The Morgan fingerprint density at radius 3 is 2.74 bits per heavy atom. The molecule has 4 nitrogen and oxygen atoms in total. The van der Waals surface area contributed by atoms with Gasteiger partial charge in [-0.25, -0.2) is 0 Å². The molecule has 0 aromatic heterocycles. The Bertz CT molecular complexity index is 296. The number of hydrogen-bond acceptors (Lipinski definition) is 3. The number of nitrogens with one attached hydrogen (secondary N) is 1. The van der Waals surface area contributed by atoms with Crippen molar-refractivity contribution in [1.29, 1.82) is 0 Å². The molecule has 0 aromatic carbocycles. The summed E-state index contributed by atoms with van der Waals surface area (Å²) in [5.74, 6) is -0.747. The van der Waals surface area contributed by atoms with Crippen LogP contribution in [0.2, 0.25) is 0 Å². The molecule has 0 aliphatic carbocycles. The second-order valence-electron chi connectivity index (χ2n) is 6.16. The Morgan fingerprint density at radius 2 is 2.16 bits per heavy atom. The fourth-order valence-corrected chi connectivity index (χ4v) is 3.29. The van der Waals surface area contributed by atoms with Gasteiger partial charge in [-0.05, 0) is 53.1 Å². The van der Waals surface area contributed by atoms with Gasteiger partial charge in [0.15, 0.2) is 0 Å². The fraction of sp³-hybridized carbons (Fsp3) is 0.933. The van der Waals surface area contributed by atoms with Crippen molar-refractivity contribution in [1.82, 2.24) is 10.2 Å². The fourth-order valence-electron chi connectivity index (χ4n) is 3.29. The third-order valence-corrected chi connectivity index (χ3v) is 4.41. The summed E-state index contributed by atoms with van der Waals surface area (Å²) in [5, 5.41) is 12.6. The maximum atomic E-state index is 11.5. The topological polar surface area (TPSA) is 52.6 Å². The molecule has 1 saturated heterocycles. The zero-order valence-corrected chi connectivity index (χ0v) is 12.9. The molecule has 4 heteroatoms. The normalized spacial score (nSPS) is 26.4. The van der Waals surface area contributed by atoms with Crippen LogP contribution in [-0.4, -0.2) is 46.7 Å². The van der Waals surface area contributed by atoms with Gasteiger partial charge in [0.1, 0.15) is 5.54 Å². The van der Waals surface area contributed by atoms with Crippen LogP contribution < -0.4 is 5.32 Å². The lowest BCUT2D eigenvalue weighted by Gasteiger charge is -2.37. The van der Waals surface area contributed by atoms with E-state index in [9.17, 15) is 9.90 Å². The Morgan fingerprint density at radius 1 is 1.47 bits per heavy atom. The van der Waals surface area contributed by atoms with Crippen molar-refractivity contribution in [3.63, 3.8) is 0 Å². The van der Waals surface area contributed by atoms with E-state index in [-0.39, 0.29) is 0 Å². The van der Waals surface area contributed by atoms with Gasteiger partial charge >= 0.3 is 5.97 Å². The summed E-state index contributed by atoms with van der Waals surface area (Å²) in [6, 6.07) is 0.866. The number of rotatable bonds is 6. The number of carboxylic acid groups (broad SMARTS) is 1. The molecule has 112 valence electrons. The van der Waals surface area contributed by atoms with Crippen molar-refractivity contribution in [3.8, 4) is 0 Å². The largest absolute Gasteiger partial charge is 0.480 e. The second kappa shape index (κ2) is 7.25. The van der Waals surface area contributed by atoms with Crippen LogP contribution in [0.1, 0.15) is 59.8 Å². The average molecular weight is 270 g/mol. The minimum absolute atomic E-state index is 0.299. The predicted octanol–water partition coefficient (Wildman–Crippen LogP) is 2.48. The van der Waals surface area contributed by atoms with Gasteiger partial charge < -0.3 is 10.4 Å². The van der Waals surface area contributed by atoms with Gasteiger partial charge in [-0.15, -0.1) is 0 Å². The highest BCUT2D eigenvalue weighted by Crippen LogP contribution is 2.23. The lowest BCUT2D eigenvalue weighted by Crippen LogP contribution is -2.54. The average Bonchev–Trinajstić information content (AvgIpc) is 2.53. The summed E-state index contributed by atoms with van der Waals surface area (Å²) in [7, 11) is 0. The van der Waals surface area contributed by atoms with Crippen molar-refractivity contribution in [2.75, 3.05) is 13.1 Å². The molecule has 1 aliphatic heterocycles. The van der Waals surface area contributed by atoms with Gasteiger partial charge in [0.05, 0.1) is 0 Å². The Labute approximate surface area is 117 Å². The van der Waals surface area contributed by atoms with E-state index in [1.807, 2.05) is 6.92 Å². The summed E-state index contributed by atoms with van der Waals surface area (Å²) < 4.78 is 0. The number of hydrogen-bond donors (Lipinski definition) is 2. The molecular formula is C15H30N2O2. The van der Waals surface area contributed by atoms with Crippen molar-refractivity contribution in [3.05, 3.63) is 0 Å². The SMILES string of the molecule is CCNC(C)(CC(C)N1CCCCCC1C)C(=O)O. The van der Waals surface area contributed by atoms with Gasteiger partial charge in [0.2, 0.25) is 0 Å². The smallest absolute Gasteiger partial charge is 0.323 e. The van der Waals surface area contributed by atoms with Crippen LogP contribution in [0.3, 0.4) is 0 Å². The molecule has 1 heterocycles. The number of carboxylic acids is 1.